The van der Waals surface area contributed by atoms with E-state index in [0.29, 0.717) is 11.3 Å². The summed E-state index contributed by atoms with van der Waals surface area (Å²) in [6.45, 7) is 1.89. The Balaban J connectivity index is 2.35. The Labute approximate surface area is 112 Å². The molecule has 0 amide bonds. The van der Waals surface area contributed by atoms with Crippen LogP contribution < -0.4 is 5.32 Å². The van der Waals surface area contributed by atoms with Crippen LogP contribution in [0, 0.1) is 6.92 Å². The largest absolute Gasteiger partial charge is 0.368 e. The molecule has 100 valence electrons. The SMILES string of the molecule is Cc1cccc([C@H](Nc2ccccc2)P(=O)(O)O)c1. The molecule has 5 heteroatoms. The van der Waals surface area contributed by atoms with Crippen molar-refractivity contribution in [1.29, 1.82) is 0 Å². The lowest BCUT2D eigenvalue weighted by Gasteiger charge is -2.21. The van der Waals surface area contributed by atoms with Crippen molar-refractivity contribution in [3.05, 3.63) is 65.7 Å². The first-order valence-corrected chi connectivity index (χ1v) is 7.58. The molecular weight excluding hydrogens is 261 g/mol. The molecule has 1 atom stereocenters. The third-order valence-electron chi connectivity index (χ3n) is 2.77. The highest BCUT2D eigenvalue weighted by atomic mass is 31.2. The Hall–Kier alpha value is -1.61. The minimum atomic E-state index is -4.29. The van der Waals surface area contributed by atoms with Crippen LogP contribution in [0.4, 0.5) is 5.69 Å². The van der Waals surface area contributed by atoms with Gasteiger partial charge in [-0.2, -0.15) is 0 Å². The van der Waals surface area contributed by atoms with Gasteiger partial charge in [0, 0.05) is 5.69 Å². The van der Waals surface area contributed by atoms with Crippen molar-refractivity contribution in [2.24, 2.45) is 0 Å². The number of para-hydroxylation sites is 1. The van der Waals surface area contributed by atoms with Gasteiger partial charge in [-0.05, 0) is 24.6 Å². The molecule has 0 saturated heterocycles. The van der Waals surface area contributed by atoms with Crippen LogP contribution in [-0.2, 0) is 4.57 Å². The second-order valence-corrected chi connectivity index (χ2v) is 6.11. The quantitative estimate of drug-likeness (QED) is 0.750. The summed E-state index contributed by atoms with van der Waals surface area (Å²) >= 11 is 0. The van der Waals surface area contributed by atoms with Crippen molar-refractivity contribution < 1.29 is 14.4 Å². The maximum Gasteiger partial charge on any atom is 0.352 e. The molecule has 19 heavy (non-hydrogen) atoms. The Morgan fingerprint density at radius 1 is 1.05 bits per heavy atom. The topological polar surface area (TPSA) is 69.6 Å². The van der Waals surface area contributed by atoms with E-state index in [2.05, 4.69) is 5.32 Å². The number of benzene rings is 2. The summed E-state index contributed by atoms with van der Waals surface area (Å²) in [7, 11) is -4.29. The van der Waals surface area contributed by atoms with E-state index < -0.39 is 13.4 Å². The minimum Gasteiger partial charge on any atom is -0.368 e. The molecule has 4 nitrogen and oxygen atoms in total. The zero-order chi connectivity index (χ0) is 13.9. The van der Waals surface area contributed by atoms with E-state index in [1.807, 2.05) is 31.2 Å². The lowest BCUT2D eigenvalue weighted by Crippen LogP contribution is -2.11. The van der Waals surface area contributed by atoms with Crippen molar-refractivity contribution in [3.63, 3.8) is 0 Å². The summed E-state index contributed by atoms with van der Waals surface area (Å²) in [6.07, 6.45) is 0. The van der Waals surface area contributed by atoms with Gasteiger partial charge in [0.05, 0.1) is 0 Å². The molecule has 0 radical (unpaired) electrons. The van der Waals surface area contributed by atoms with Crippen LogP contribution in [-0.4, -0.2) is 9.79 Å². The van der Waals surface area contributed by atoms with Gasteiger partial charge in [-0.25, -0.2) is 0 Å². The molecule has 3 N–H and O–H groups in total. The molecule has 2 rings (SSSR count). The standard InChI is InChI=1S/C14H16NO3P/c1-11-6-5-7-12(10-11)14(19(16,17)18)15-13-8-3-2-4-9-13/h2-10,14-15H,1H3,(H2,16,17,18)/t14-/m1/s1. The van der Waals surface area contributed by atoms with Crippen LogP contribution in [0.25, 0.3) is 0 Å². The second-order valence-electron chi connectivity index (χ2n) is 4.42. The van der Waals surface area contributed by atoms with Crippen LogP contribution >= 0.6 is 7.60 Å². The zero-order valence-corrected chi connectivity index (χ0v) is 11.4. The van der Waals surface area contributed by atoms with Crippen molar-refractivity contribution >= 4 is 13.3 Å². The third kappa shape index (κ3) is 3.67. The van der Waals surface area contributed by atoms with Gasteiger partial charge in [0.2, 0.25) is 0 Å². The van der Waals surface area contributed by atoms with Crippen LogP contribution in [0.2, 0.25) is 0 Å². The summed E-state index contributed by atoms with van der Waals surface area (Å²) in [5.74, 6) is -1.03. The van der Waals surface area contributed by atoms with Gasteiger partial charge in [-0.3, -0.25) is 4.57 Å². The summed E-state index contributed by atoms with van der Waals surface area (Å²) in [4.78, 5) is 19.1. The monoisotopic (exact) mass is 277 g/mol. The Bertz CT molecular complexity index is 595. The maximum atomic E-state index is 11.7. The predicted molar refractivity (Wildman–Crippen MR) is 76.0 cm³/mol. The number of nitrogens with one attached hydrogen (secondary N) is 1. The van der Waals surface area contributed by atoms with Crippen LogP contribution in [0.5, 0.6) is 0 Å². The van der Waals surface area contributed by atoms with Crippen molar-refractivity contribution in [2.75, 3.05) is 5.32 Å². The van der Waals surface area contributed by atoms with Gasteiger partial charge in [-0.1, -0.05) is 48.0 Å². The number of hydrogen-bond donors (Lipinski definition) is 3. The summed E-state index contributed by atoms with van der Waals surface area (Å²) < 4.78 is 11.7. The highest BCUT2D eigenvalue weighted by Crippen LogP contribution is 2.51. The fourth-order valence-corrected chi connectivity index (χ4v) is 2.76. The molecule has 0 fully saturated rings. The third-order valence-corrected chi connectivity index (χ3v) is 3.87. The molecule has 0 aliphatic heterocycles. The van der Waals surface area contributed by atoms with Gasteiger partial charge in [0.15, 0.2) is 5.78 Å². The normalized spacial score (nSPS) is 13.0. The molecule has 0 aliphatic carbocycles. The van der Waals surface area contributed by atoms with E-state index in [1.165, 1.54) is 0 Å². The van der Waals surface area contributed by atoms with E-state index in [1.54, 1.807) is 30.3 Å². The fourth-order valence-electron chi connectivity index (χ4n) is 1.89. The van der Waals surface area contributed by atoms with Crippen molar-refractivity contribution in [3.8, 4) is 0 Å². The Morgan fingerprint density at radius 2 is 1.74 bits per heavy atom. The maximum absolute atomic E-state index is 11.7. The Morgan fingerprint density at radius 3 is 2.32 bits per heavy atom. The number of aryl methyl sites for hydroxylation is 1. The molecule has 0 aromatic heterocycles. The summed E-state index contributed by atoms with van der Waals surface area (Å²) in [6, 6.07) is 16.2. The molecule has 0 aliphatic rings. The average Bonchev–Trinajstić information content (AvgIpc) is 2.36. The number of anilines is 1. The minimum absolute atomic E-state index is 0.581. The van der Waals surface area contributed by atoms with Crippen LogP contribution in [0.15, 0.2) is 54.6 Å². The van der Waals surface area contributed by atoms with Gasteiger partial charge >= 0.3 is 7.60 Å². The molecule has 0 bridgehead atoms. The zero-order valence-electron chi connectivity index (χ0n) is 10.5. The van der Waals surface area contributed by atoms with E-state index in [4.69, 9.17) is 0 Å². The van der Waals surface area contributed by atoms with E-state index in [-0.39, 0.29) is 0 Å². The van der Waals surface area contributed by atoms with E-state index in [9.17, 15) is 14.4 Å². The molecule has 0 unspecified atom stereocenters. The number of hydrogen-bond acceptors (Lipinski definition) is 2. The molecule has 0 heterocycles. The summed E-state index contributed by atoms with van der Waals surface area (Å²) in [5.41, 5.74) is 2.22. The highest BCUT2D eigenvalue weighted by molar-refractivity contribution is 7.52. The van der Waals surface area contributed by atoms with Crippen LogP contribution in [0.3, 0.4) is 0 Å². The molecular formula is C14H16NO3P. The van der Waals surface area contributed by atoms with Gasteiger partial charge in [0.1, 0.15) is 0 Å². The van der Waals surface area contributed by atoms with Gasteiger partial charge in [0.25, 0.3) is 0 Å². The average molecular weight is 277 g/mol. The Kier molecular flexibility index (Phi) is 4.05. The van der Waals surface area contributed by atoms with E-state index in [0.717, 1.165) is 5.56 Å². The van der Waals surface area contributed by atoms with Crippen LogP contribution in [0.1, 0.15) is 16.9 Å². The fraction of sp³-hybridized carbons (Fsp3) is 0.143. The van der Waals surface area contributed by atoms with Gasteiger partial charge in [-0.15, -0.1) is 0 Å². The summed E-state index contributed by atoms with van der Waals surface area (Å²) in [5, 5.41) is 2.90. The predicted octanol–water partition coefficient (Wildman–Crippen LogP) is 3.28. The first-order valence-electron chi connectivity index (χ1n) is 5.90. The number of rotatable bonds is 4. The van der Waals surface area contributed by atoms with Crippen molar-refractivity contribution in [1.82, 2.24) is 0 Å². The molecule has 2 aromatic carbocycles. The second kappa shape index (κ2) is 5.57. The first-order chi connectivity index (χ1) is 8.97. The molecule has 0 spiro atoms. The molecule has 2 aromatic rings. The molecule has 0 saturated carbocycles. The first kappa shape index (κ1) is 13.8. The van der Waals surface area contributed by atoms with Crippen molar-refractivity contribution in [2.45, 2.75) is 12.7 Å². The smallest absolute Gasteiger partial charge is 0.352 e. The van der Waals surface area contributed by atoms with Gasteiger partial charge < -0.3 is 15.1 Å². The highest BCUT2D eigenvalue weighted by Gasteiger charge is 2.30. The lowest BCUT2D eigenvalue weighted by atomic mass is 10.1. The van der Waals surface area contributed by atoms with E-state index >= 15 is 0 Å². The lowest BCUT2D eigenvalue weighted by molar-refractivity contribution is 0.363.